The van der Waals surface area contributed by atoms with Gasteiger partial charge in [-0.05, 0) is 44.9 Å². The number of hydrazone groups is 1. The Hall–Kier alpha value is -2.78. The molecule has 1 aliphatic heterocycles. The normalized spacial score (nSPS) is 15.8. The third kappa shape index (κ3) is 6.37. The van der Waals surface area contributed by atoms with Crippen molar-refractivity contribution in [3.63, 3.8) is 0 Å². The maximum Gasteiger partial charge on any atom is 0.416 e. The van der Waals surface area contributed by atoms with Crippen molar-refractivity contribution in [2.24, 2.45) is 11.0 Å². The number of likely N-dealkylation sites (tertiary alicyclic amines) is 1. The monoisotopic (exact) mass is 415 g/mol. The van der Waals surface area contributed by atoms with Crippen molar-refractivity contribution in [1.82, 2.24) is 4.90 Å². The number of rotatable bonds is 5. The van der Waals surface area contributed by atoms with Gasteiger partial charge in [0, 0.05) is 13.1 Å². The van der Waals surface area contributed by atoms with Crippen molar-refractivity contribution < 1.29 is 32.2 Å². The number of hydrogen-bond donors (Lipinski definition) is 1. The molecule has 0 aromatic heterocycles. The lowest BCUT2D eigenvalue weighted by atomic mass is 9.97. The lowest BCUT2D eigenvalue weighted by Crippen LogP contribution is -2.44. The summed E-state index contributed by atoms with van der Waals surface area (Å²) in [6.07, 6.45) is -3.54. The molecule has 0 radical (unpaired) electrons. The Morgan fingerprint density at radius 2 is 1.83 bits per heavy atom. The van der Waals surface area contributed by atoms with Gasteiger partial charge >= 0.3 is 18.1 Å². The van der Waals surface area contributed by atoms with Crippen LogP contribution in [0.5, 0.6) is 0 Å². The van der Waals surface area contributed by atoms with Gasteiger partial charge in [0.25, 0.3) is 0 Å². The number of piperidine rings is 1. The molecule has 0 amide bonds. The first-order valence-corrected chi connectivity index (χ1v) is 9.35. The number of nitrogens with one attached hydrogen (secondary N) is 1. The minimum Gasteiger partial charge on any atom is -0.466 e. The number of esters is 2. The van der Waals surface area contributed by atoms with Gasteiger partial charge < -0.3 is 14.4 Å². The summed E-state index contributed by atoms with van der Waals surface area (Å²) in [7, 11) is 0. The second-order valence-electron chi connectivity index (χ2n) is 6.36. The largest absolute Gasteiger partial charge is 0.466 e. The average Bonchev–Trinajstić information content (AvgIpc) is 2.68. The van der Waals surface area contributed by atoms with Crippen molar-refractivity contribution in [1.29, 1.82) is 0 Å². The molecule has 160 valence electrons. The molecule has 7 nitrogen and oxygen atoms in total. The molecule has 2 rings (SSSR count). The standard InChI is InChI=1S/C19H24F3N3O4/c1-3-28-17(26)13-8-10-25(11-9-13)16(18(27)29-4-2)24-23-15-7-5-6-14(12-15)19(20,21)22/h5-7,12-13,23H,3-4,8-11H2,1-2H3/b24-16-. The van der Waals surface area contributed by atoms with Crippen LogP contribution in [0.15, 0.2) is 29.4 Å². The number of carbonyl (C=O) groups is 2. The molecule has 1 aliphatic rings. The molecule has 0 bridgehead atoms. The number of nitrogens with zero attached hydrogens (tertiary/aromatic N) is 2. The SMILES string of the molecule is CCOC(=O)/C(=N/Nc1cccc(C(F)(F)F)c1)N1CCC(C(=O)OCC)CC1. The van der Waals surface area contributed by atoms with Crippen molar-refractivity contribution in [3.05, 3.63) is 29.8 Å². The number of halogens is 3. The Morgan fingerprint density at radius 3 is 2.41 bits per heavy atom. The van der Waals surface area contributed by atoms with E-state index in [0.717, 1.165) is 12.1 Å². The molecule has 10 heteroatoms. The van der Waals surface area contributed by atoms with Crippen molar-refractivity contribution in [2.45, 2.75) is 32.9 Å². The van der Waals surface area contributed by atoms with E-state index in [1.54, 1.807) is 18.7 Å². The van der Waals surface area contributed by atoms with Crippen LogP contribution in [-0.4, -0.2) is 49.0 Å². The molecular weight excluding hydrogens is 391 g/mol. The number of amidine groups is 1. The van der Waals surface area contributed by atoms with Gasteiger partial charge in [-0.1, -0.05) is 6.07 Å². The maximum atomic E-state index is 12.9. The van der Waals surface area contributed by atoms with Crippen LogP contribution in [-0.2, 0) is 25.2 Å². The summed E-state index contributed by atoms with van der Waals surface area (Å²) in [5.41, 5.74) is 1.76. The second kappa shape index (κ2) is 10.1. The first-order chi connectivity index (χ1) is 13.8. The van der Waals surface area contributed by atoms with Crippen LogP contribution in [0.1, 0.15) is 32.3 Å². The molecule has 1 saturated heterocycles. The number of anilines is 1. The predicted octanol–water partition coefficient (Wildman–Crippen LogP) is 3.27. The summed E-state index contributed by atoms with van der Waals surface area (Å²) in [5, 5.41) is 4.00. The Kier molecular flexibility index (Phi) is 7.86. The number of ether oxygens (including phenoxy) is 2. The zero-order valence-corrected chi connectivity index (χ0v) is 16.3. The fourth-order valence-corrected chi connectivity index (χ4v) is 2.91. The zero-order chi connectivity index (χ0) is 21.4. The highest BCUT2D eigenvalue weighted by Crippen LogP contribution is 2.30. The third-order valence-corrected chi connectivity index (χ3v) is 4.35. The minimum atomic E-state index is -4.49. The first-order valence-electron chi connectivity index (χ1n) is 9.35. The van der Waals surface area contributed by atoms with Gasteiger partial charge in [-0.2, -0.15) is 13.2 Å². The summed E-state index contributed by atoms with van der Waals surface area (Å²) in [6.45, 7) is 4.54. The molecule has 0 saturated carbocycles. The highest BCUT2D eigenvalue weighted by Gasteiger charge is 2.31. The third-order valence-electron chi connectivity index (χ3n) is 4.35. The van der Waals surface area contributed by atoms with E-state index < -0.39 is 17.7 Å². The van der Waals surface area contributed by atoms with E-state index in [1.165, 1.54) is 12.1 Å². The van der Waals surface area contributed by atoms with Crippen molar-refractivity contribution in [3.8, 4) is 0 Å². The second-order valence-corrected chi connectivity index (χ2v) is 6.36. The number of alkyl halides is 3. The van der Waals surface area contributed by atoms with E-state index in [1.807, 2.05) is 0 Å². The average molecular weight is 415 g/mol. The van der Waals surface area contributed by atoms with E-state index >= 15 is 0 Å². The van der Waals surface area contributed by atoms with Crippen molar-refractivity contribution >= 4 is 23.5 Å². The fourth-order valence-electron chi connectivity index (χ4n) is 2.91. The van der Waals surface area contributed by atoms with Gasteiger partial charge in [0.1, 0.15) is 0 Å². The molecule has 1 heterocycles. The van der Waals surface area contributed by atoms with E-state index in [-0.39, 0.29) is 30.0 Å². The molecule has 0 spiro atoms. The summed E-state index contributed by atoms with van der Waals surface area (Å²) in [5.74, 6) is -1.27. The maximum absolute atomic E-state index is 12.9. The molecule has 0 aliphatic carbocycles. The summed E-state index contributed by atoms with van der Waals surface area (Å²) >= 11 is 0. The molecule has 1 aromatic carbocycles. The topological polar surface area (TPSA) is 80.2 Å². The molecule has 1 fully saturated rings. The number of hydrogen-bond acceptors (Lipinski definition) is 6. The van der Waals surface area contributed by atoms with Gasteiger partial charge in [-0.25, -0.2) is 4.79 Å². The highest BCUT2D eigenvalue weighted by atomic mass is 19.4. The zero-order valence-electron chi connectivity index (χ0n) is 16.3. The first kappa shape index (κ1) is 22.5. The Morgan fingerprint density at radius 1 is 1.17 bits per heavy atom. The van der Waals surface area contributed by atoms with Crippen LogP contribution >= 0.6 is 0 Å². The number of benzene rings is 1. The van der Waals surface area contributed by atoms with Crippen LogP contribution in [0, 0.1) is 5.92 Å². The van der Waals surface area contributed by atoms with Gasteiger partial charge in [0.2, 0.25) is 5.84 Å². The number of carbonyl (C=O) groups excluding carboxylic acids is 2. The highest BCUT2D eigenvalue weighted by molar-refractivity contribution is 6.35. The van der Waals surface area contributed by atoms with Crippen LogP contribution < -0.4 is 5.43 Å². The van der Waals surface area contributed by atoms with Crippen LogP contribution in [0.2, 0.25) is 0 Å². The van der Waals surface area contributed by atoms with E-state index in [9.17, 15) is 22.8 Å². The van der Waals surface area contributed by atoms with E-state index in [2.05, 4.69) is 10.5 Å². The van der Waals surface area contributed by atoms with Gasteiger partial charge in [0.05, 0.1) is 30.4 Å². The quantitative estimate of drug-likeness (QED) is 0.344. The molecule has 1 aromatic rings. The summed E-state index contributed by atoms with van der Waals surface area (Å²) in [6, 6.07) is 4.50. The van der Waals surface area contributed by atoms with Crippen LogP contribution in [0.3, 0.4) is 0 Å². The molecular formula is C19H24F3N3O4. The van der Waals surface area contributed by atoms with E-state index in [4.69, 9.17) is 9.47 Å². The predicted molar refractivity (Wildman–Crippen MR) is 100 cm³/mol. The van der Waals surface area contributed by atoms with Gasteiger partial charge in [0.15, 0.2) is 0 Å². The minimum absolute atomic E-state index is 0.0495. The molecule has 29 heavy (non-hydrogen) atoms. The molecule has 1 N–H and O–H groups in total. The van der Waals surface area contributed by atoms with Gasteiger partial charge in [-0.3, -0.25) is 10.2 Å². The smallest absolute Gasteiger partial charge is 0.416 e. The van der Waals surface area contributed by atoms with Crippen LogP contribution in [0.4, 0.5) is 18.9 Å². The lowest BCUT2D eigenvalue weighted by Gasteiger charge is -2.32. The Balaban J connectivity index is 2.13. The Bertz CT molecular complexity index is 744. The lowest BCUT2D eigenvalue weighted by molar-refractivity contribution is -0.149. The van der Waals surface area contributed by atoms with Gasteiger partial charge in [-0.15, -0.1) is 5.10 Å². The Labute approximate surface area is 166 Å². The molecule has 0 atom stereocenters. The summed E-state index contributed by atoms with van der Waals surface area (Å²) in [4.78, 5) is 25.8. The summed E-state index contributed by atoms with van der Waals surface area (Å²) < 4.78 is 48.6. The van der Waals surface area contributed by atoms with Crippen LogP contribution in [0.25, 0.3) is 0 Å². The molecule has 0 unspecified atom stereocenters. The fraction of sp³-hybridized carbons (Fsp3) is 0.526. The van der Waals surface area contributed by atoms with E-state index in [0.29, 0.717) is 32.5 Å². The van der Waals surface area contributed by atoms with Crippen molar-refractivity contribution in [2.75, 3.05) is 31.7 Å².